The van der Waals surface area contributed by atoms with E-state index >= 15 is 0 Å². The van der Waals surface area contributed by atoms with Gasteiger partial charge in [0.2, 0.25) is 0 Å². The van der Waals surface area contributed by atoms with Gasteiger partial charge in [0.05, 0.1) is 23.7 Å². The zero-order chi connectivity index (χ0) is 14.8. The van der Waals surface area contributed by atoms with Gasteiger partial charge in [-0.25, -0.2) is 4.39 Å². The monoisotopic (exact) mass is 278 g/mol. The molecule has 3 aromatic rings. The Labute approximate surface area is 120 Å². The van der Waals surface area contributed by atoms with Crippen LogP contribution in [0.5, 0.6) is 0 Å². The molecule has 2 aromatic carbocycles. The van der Waals surface area contributed by atoms with Gasteiger partial charge in [0, 0.05) is 23.2 Å². The molecule has 0 aliphatic rings. The smallest absolute Gasteiger partial charge is 0.189 e. The second-order valence-corrected chi connectivity index (χ2v) is 4.74. The van der Waals surface area contributed by atoms with E-state index in [1.165, 1.54) is 12.1 Å². The van der Waals surface area contributed by atoms with E-state index in [1.54, 1.807) is 30.5 Å². The van der Waals surface area contributed by atoms with Crippen LogP contribution in [0.1, 0.15) is 11.1 Å². The first kappa shape index (κ1) is 13.1. The Balaban J connectivity index is 2.09. The SMILES string of the molecule is N#Cc1ccc(Cn2ccc(=O)c3ccccc32)c(F)c1. The third-order valence-corrected chi connectivity index (χ3v) is 3.41. The van der Waals surface area contributed by atoms with Crippen molar-refractivity contribution >= 4 is 10.9 Å². The van der Waals surface area contributed by atoms with E-state index < -0.39 is 5.82 Å². The topological polar surface area (TPSA) is 45.8 Å². The molecule has 0 unspecified atom stereocenters. The van der Waals surface area contributed by atoms with Gasteiger partial charge in [0.25, 0.3) is 0 Å². The lowest BCUT2D eigenvalue weighted by atomic mass is 10.1. The molecule has 0 fully saturated rings. The molecule has 0 bridgehead atoms. The van der Waals surface area contributed by atoms with Gasteiger partial charge in [-0.05, 0) is 24.3 Å². The molecule has 0 aliphatic carbocycles. The molecule has 0 saturated heterocycles. The van der Waals surface area contributed by atoms with Crippen molar-refractivity contribution in [3.63, 3.8) is 0 Å². The molecule has 3 nitrogen and oxygen atoms in total. The summed E-state index contributed by atoms with van der Waals surface area (Å²) in [5, 5.41) is 9.36. The van der Waals surface area contributed by atoms with Crippen molar-refractivity contribution in [2.45, 2.75) is 6.54 Å². The van der Waals surface area contributed by atoms with E-state index in [2.05, 4.69) is 0 Å². The number of benzene rings is 2. The van der Waals surface area contributed by atoms with Crippen molar-refractivity contribution in [1.29, 1.82) is 5.26 Å². The normalized spacial score (nSPS) is 10.5. The summed E-state index contributed by atoms with van der Waals surface area (Å²) in [5.74, 6) is -0.420. The summed E-state index contributed by atoms with van der Waals surface area (Å²) in [4.78, 5) is 11.8. The quantitative estimate of drug-likeness (QED) is 0.723. The second-order valence-electron chi connectivity index (χ2n) is 4.74. The summed E-state index contributed by atoms with van der Waals surface area (Å²) >= 11 is 0. The lowest BCUT2D eigenvalue weighted by Crippen LogP contribution is -2.09. The van der Waals surface area contributed by atoms with Crippen LogP contribution < -0.4 is 5.43 Å². The predicted octanol–water partition coefficient (Wildman–Crippen LogP) is 3.06. The van der Waals surface area contributed by atoms with Crippen LogP contribution in [0.3, 0.4) is 0 Å². The van der Waals surface area contributed by atoms with Crippen LogP contribution in [0.4, 0.5) is 4.39 Å². The molecule has 102 valence electrons. The Bertz CT molecular complexity index is 922. The Kier molecular flexibility index (Phi) is 3.25. The second kappa shape index (κ2) is 5.22. The lowest BCUT2D eigenvalue weighted by molar-refractivity contribution is 0.601. The first-order chi connectivity index (χ1) is 10.2. The Hall–Kier alpha value is -2.93. The third kappa shape index (κ3) is 2.41. The fraction of sp³-hybridized carbons (Fsp3) is 0.0588. The molecule has 0 radical (unpaired) electrons. The van der Waals surface area contributed by atoms with Crippen molar-refractivity contribution < 1.29 is 4.39 Å². The van der Waals surface area contributed by atoms with Crippen LogP contribution in [0, 0.1) is 17.1 Å². The summed E-state index contributed by atoms with van der Waals surface area (Å²) in [6.07, 6.45) is 1.66. The maximum absolute atomic E-state index is 14.0. The minimum atomic E-state index is -0.420. The van der Waals surface area contributed by atoms with Crippen molar-refractivity contribution in [3.8, 4) is 6.07 Å². The summed E-state index contributed by atoms with van der Waals surface area (Å²) < 4.78 is 15.8. The molecule has 21 heavy (non-hydrogen) atoms. The molecule has 0 atom stereocenters. The van der Waals surface area contributed by atoms with Gasteiger partial charge in [0.1, 0.15) is 5.82 Å². The highest BCUT2D eigenvalue weighted by Gasteiger charge is 2.07. The number of rotatable bonds is 2. The average molecular weight is 278 g/mol. The minimum Gasteiger partial charge on any atom is -0.343 e. The molecule has 1 heterocycles. The van der Waals surface area contributed by atoms with Gasteiger partial charge in [-0.2, -0.15) is 5.26 Å². The maximum Gasteiger partial charge on any atom is 0.189 e. The molecule has 0 N–H and O–H groups in total. The van der Waals surface area contributed by atoms with Crippen molar-refractivity contribution in [2.75, 3.05) is 0 Å². The number of hydrogen-bond acceptors (Lipinski definition) is 2. The fourth-order valence-electron chi connectivity index (χ4n) is 2.33. The zero-order valence-electron chi connectivity index (χ0n) is 11.1. The highest BCUT2D eigenvalue weighted by atomic mass is 19.1. The summed E-state index contributed by atoms with van der Waals surface area (Å²) in [5.41, 5.74) is 1.47. The molecule has 0 saturated carbocycles. The van der Waals surface area contributed by atoms with Crippen LogP contribution in [0.25, 0.3) is 10.9 Å². The maximum atomic E-state index is 14.0. The number of nitriles is 1. The summed E-state index contributed by atoms with van der Waals surface area (Å²) in [6, 6.07) is 15.0. The summed E-state index contributed by atoms with van der Waals surface area (Å²) in [7, 11) is 0. The number of aromatic nitrogens is 1. The molecular formula is C17H11FN2O. The molecule has 0 amide bonds. The summed E-state index contributed by atoms with van der Waals surface area (Å²) in [6.45, 7) is 0.304. The largest absolute Gasteiger partial charge is 0.343 e. The van der Waals surface area contributed by atoms with Crippen LogP contribution in [-0.4, -0.2) is 4.57 Å². The van der Waals surface area contributed by atoms with E-state index in [1.807, 2.05) is 22.8 Å². The van der Waals surface area contributed by atoms with Gasteiger partial charge >= 0.3 is 0 Å². The number of pyridine rings is 1. The van der Waals surface area contributed by atoms with Crippen LogP contribution in [0.2, 0.25) is 0 Å². The van der Waals surface area contributed by atoms with E-state index in [4.69, 9.17) is 5.26 Å². The Morgan fingerprint density at radius 1 is 1.14 bits per heavy atom. The van der Waals surface area contributed by atoms with Gasteiger partial charge in [-0.15, -0.1) is 0 Å². The Morgan fingerprint density at radius 2 is 1.95 bits per heavy atom. The highest BCUT2D eigenvalue weighted by Crippen LogP contribution is 2.15. The number of hydrogen-bond donors (Lipinski definition) is 0. The highest BCUT2D eigenvalue weighted by molar-refractivity contribution is 5.78. The third-order valence-electron chi connectivity index (χ3n) is 3.41. The van der Waals surface area contributed by atoms with Gasteiger partial charge in [0.15, 0.2) is 5.43 Å². The average Bonchev–Trinajstić information content (AvgIpc) is 2.52. The van der Waals surface area contributed by atoms with E-state index in [0.717, 1.165) is 5.52 Å². The van der Waals surface area contributed by atoms with Crippen molar-refractivity contribution in [3.05, 3.63) is 81.9 Å². The molecule has 4 heteroatoms. The first-order valence-corrected chi connectivity index (χ1v) is 6.46. The molecule has 3 rings (SSSR count). The molecule has 0 aliphatic heterocycles. The molecule has 0 spiro atoms. The number of nitrogens with zero attached hydrogens (tertiary/aromatic N) is 2. The fourth-order valence-corrected chi connectivity index (χ4v) is 2.33. The molecule has 1 aromatic heterocycles. The lowest BCUT2D eigenvalue weighted by Gasteiger charge is -2.11. The standard InChI is InChI=1S/C17H11FN2O/c18-15-9-12(10-19)5-6-13(15)11-20-8-7-17(21)14-3-1-2-4-16(14)20/h1-9H,11H2. The first-order valence-electron chi connectivity index (χ1n) is 6.46. The zero-order valence-corrected chi connectivity index (χ0v) is 11.1. The van der Waals surface area contributed by atoms with E-state index in [9.17, 15) is 9.18 Å². The number of fused-ring (bicyclic) bond motifs is 1. The van der Waals surface area contributed by atoms with E-state index in [0.29, 0.717) is 23.1 Å². The van der Waals surface area contributed by atoms with Crippen molar-refractivity contribution in [2.24, 2.45) is 0 Å². The number of para-hydroxylation sites is 1. The van der Waals surface area contributed by atoms with Gasteiger partial charge < -0.3 is 4.57 Å². The Morgan fingerprint density at radius 3 is 2.71 bits per heavy atom. The van der Waals surface area contributed by atoms with Gasteiger partial charge in [-0.1, -0.05) is 18.2 Å². The van der Waals surface area contributed by atoms with Gasteiger partial charge in [-0.3, -0.25) is 4.79 Å². The van der Waals surface area contributed by atoms with Crippen molar-refractivity contribution in [1.82, 2.24) is 4.57 Å². The molecular weight excluding hydrogens is 267 g/mol. The number of halogens is 1. The minimum absolute atomic E-state index is 0.0536. The predicted molar refractivity (Wildman–Crippen MR) is 78.4 cm³/mol. The van der Waals surface area contributed by atoms with Crippen LogP contribution in [0.15, 0.2) is 59.5 Å². The van der Waals surface area contributed by atoms with E-state index in [-0.39, 0.29) is 5.43 Å². The van der Waals surface area contributed by atoms with Crippen LogP contribution in [-0.2, 0) is 6.54 Å². The van der Waals surface area contributed by atoms with Crippen LogP contribution >= 0.6 is 0 Å².